The van der Waals surface area contributed by atoms with Crippen LogP contribution in [0.1, 0.15) is 30.5 Å². The van der Waals surface area contributed by atoms with Crippen LogP contribution in [0.3, 0.4) is 0 Å². The molecule has 1 aromatic heterocycles. The van der Waals surface area contributed by atoms with Gasteiger partial charge in [0, 0.05) is 30.4 Å². The van der Waals surface area contributed by atoms with Crippen molar-refractivity contribution in [1.82, 2.24) is 15.0 Å². The molecule has 0 spiro atoms. The highest BCUT2D eigenvalue weighted by molar-refractivity contribution is 6.32. The number of hydrazone groups is 1. The molecule has 11 heteroatoms. The first-order valence-electron chi connectivity index (χ1n) is 10.4. The summed E-state index contributed by atoms with van der Waals surface area (Å²) < 4.78 is 0. The number of nitrogens with one attached hydrogen (secondary N) is 2. The van der Waals surface area contributed by atoms with Gasteiger partial charge in [-0.1, -0.05) is 29.8 Å². The van der Waals surface area contributed by atoms with Crippen LogP contribution in [-0.4, -0.2) is 39.2 Å². The van der Waals surface area contributed by atoms with E-state index in [0.29, 0.717) is 17.5 Å². The molecule has 0 radical (unpaired) electrons. The van der Waals surface area contributed by atoms with E-state index in [4.69, 9.17) is 11.6 Å². The van der Waals surface area contributed by atoms with Crippen molar-refractivity contribution in [3.05, 3.63) is 68.2 Å². The van der Waals surface area contributed by atoms with Crippen molar-refractivity contribution in [2.75, 3.05) is 28.7 Å². The van der Waals surface area contributed by atoms with Crippen LogP contribution in [0.5, 0.6) is 0 Å². The maximum atomic E-state index is 11.1. The third-order valence-corrected chi connectivity index (χ3v) is 5.17. The molecule has 0 atom stereocenters. The lowest BCUT2D eigenvalue weighted by atomic mass is 10.1. The van der Waals surface area contributed by atoms with E-state index >= 15 is 0 Å². The van der Waals surface area contributed by atoms with Crippen LogP contribution < -0.4 is 15.6 Å². The zero-order chi connectivity index (χ0) is 24.0. The quantitative estimate of drug-likeness (QED) is 0.253. The molecule has 3 rings (SSSR count). The molecule has 0 saturated heterocycles. The molecule has 1 heterocycles. The van der Waals surface area contributed by atoms with Gasteiger partial charge in [-0.05, 0) is 51.0 Å². The van der Waals surface area contributed by atoms with Crippen LogP contribution in [0.2, 0.25) is 5.02 Å². The Labute approximate surface area is 196 Å². The number of nitro groups is 1. The molecule has 10 nitrogen and oxygen atoms in total. The van der Waals surface area contributed by atoms with Crippen LogP contribution in [0.15, 0.2) is 41.5 Å². The number of hydrogen-bond acceptors (Lipinski definition) is 9. The Bertz CT molecular complexity index is 1180. The molecule has 0 bridgehead atoms. The molecule has 0 saturated carbocycles. The molecule has 2 aromatic carbocycles. The number of benzene rings is 2. The Kier molecular flexibility index (Phi) is 7.73. The van der Waals surface area contributed by atoms with Gasteiger partial charge in [0.05, 0.1) is 11.1 Å². The fourth-order valence-corrected chi connectivity index (χ4v) is 3.21. The zero-order valence-electron chi connectivity index (χ0n) is 18.8. The van der Waals surface area contributed by atoms with E-state index in [1.54, 1.807) is 6.07 Å². The van der Waals surface area contributed by atoms with Gasteiger partial charge in [-0.2, -0.15) is 20.1 Å². The second-order valence-corrected chi connectivity index (χ2v) is 7.64. The summed E-state index contributed by atoms with van der Waals surface area (Å²) in [5.41, 5.74) is 6.17. The number of aryl methyl sites for hydroxylation is 2. The molecule has 0 aliphatic heterocycles. The van der Waals surface area contributed by atoms with Gasteiger partial charge in [-0.3, -0.25) is 10.1 Å². The smallest absolute Gasteiger partial charge is 0.288 e. The summed E-state index contributed by atoms with van der Waals surface area (Å²) in [6, 6.07) is 10.5. The Hall–Kier alpha value is -3.79. The predicted molar refractivity (Wildman–Crippen MR) is 132 cm³/mol. The zero-order valence-corrected chi connectivity index (χ0v) is 19.6. The second-order valence-electron chi connectivity index (χ2n) is 7.24. The third-order valence-electron chi connectivity index (χ3n) is 4.85. The highest BCUT2D eigenvalue weighted by Gasteiger charge is 2.13. The van der Waals surface area contributed by atoms with Gasteiger partial charge < -0.3 is 10.2 Å². The summed E-state index contributed by atoms with van der Waals surface area (Å²) in [5.74, 6) is 1.11. The van der Waals surface area contributed by atoms with Crippen LogP contribution >= 0.6 is 11.6 Å². The predicted octanol–water partition coefficient (Wildman–Crippen LogP) is 5.09. The van der Waals surface area contributed by atoms with Crippen molar-refractivity contribution in [3.63, 3.8) is 0 Å². The first-order valence-corrected chi connectivity index (χ1v) is 10.8. The summed E-state index contributed by atoms with van der Waals surface area (Å²) in [4.78, 5) is 26.0. The summed E-state index contributed by atoms with van der Waals surface area (Å²) >= 11 is 5.86. The highest BCUT2D eigenvalue weighted by atomic mass is 35.5. The Morgan fingerprint density at radius 1 is 1.09 bits per heavy atom. The van der Waals surface area contributed by atoms with Crippen molar-refractivity contribution < 1.29 is 4.92 Å². The van der Waals surface area contributed by atoms with Gasteiger partial charge in [0.1, 0.15) is 5.02 Å². The van der Waals surface area contributed by atoms with Crippen molar-refractivity contribution in [2.24, 2.45) is 5.10 Å². The minimum Gasteiger partial charge on any atom is -0.341 e. The number of anilines is 4. The number of halogens is 1. The fourth-order valence-electron chi connectivity index (χ4n) is 3.02. The van der Waals surface area contributed by atoms with E-state index < -0.39 is 4.92 Å². The molecular weight excluding hydrogens is 444 g/mol. The first-order chi connectivity index (χ1) is 15.8. The van der Waals surface area contributed by atoms with E-state index in [1.807, 2.05) is 50.8 Å². The van der Waals surface area contributed by atoms with Crippen molar-refractivity contribution >= 4 is 47.0 Å². The summed E-state index contributed by atoms with van der Waals surface area (Å²) in [5, 5.41) is 18.5. The molecule has 0 aliphatic carbocycles. The van der Waals surface area contributed by atoms with E-state index in [0.717, 1.165) is 29.9 Å². The van der Waals surface area contributed by atoms with Gasteiger partial charge in [-0.15, -0.1) is 0 Å². The first kappa shape index (κ1) is 23.9. The molecule has 3 aromatic rings. The number of hydrogen-bond donors (Lipinski definition) is 2. The van der Waals surface area contributed by atoms with Crippen molar-refractivity contribution in [2.45, 2.75) is 27.7 Å². The Morgan fingerprint density at radius 3 is 2.52 bits per heavy atom. The maximum Gasteiger partial charge on any atom is 0.288 e. The summed E-state index contributed by atoms with van der Waals surface area (Å²) in [6.45, 7) is 9.50. The summed E-state index contributed by atoms with van der Waals surface area (Å²) in [6.07, 6.45) is 1.43. The Balaban J connectivity index is 1.89. The monoisotopic (exact) mass is 468 g/mol. The van der Waals surface area contributed by atoms with Crippen molar-refractivity contribution in [1.29, 1.82) is 0 Å². The van der Waals surface area contributed by atoms with E-state index in [1.165, 1.54) is 18.3 Å². The number of aromatic nitrogens is 3. The molecule has 0 amide bonds. The second kappa shape index (κ2) is 10.7. The molecular formula is C22H25ClN8O2. The minimum atomic E-state index is -0.541. The van der Waals surface area contributed by atoms with Crippen LogP contribution in [0, 0.1) is 24.0 Å². The average Bonchev–Trinajstić information content (AvgIpc) is 2.78. The van der Waals surface area contributed by atoms with Crippen LogP contribution in [0.25, 0.3) is 0 Å². The van der Waals surface area contributed by atoms with Gasteiger partial charge in [0.15, 0.2) is 0 Å². The van der Waals surface area contributed by atoms with Crippen LogP contribution in [0.4, 0.5) is 29.2 Å². The highest BCUT2D eigenvalue weighted by Crippen LogP contribution is 2.25. The molecule has 172 valence electrons. The standard InChI is InChI=1S/C22H25ClN8O2/c1-5-30(6-2)22-27-20(25-18-11-14(3)7-8-15(18)4)26-21(28-22)29-24-13-16-9-10-17(23)19(12-16)31(32)33/h7-13H,5-6H2,1-4H3,(H2,25,26,27,28,29). The van der Waals surface area contributed by atoms with Gasteiger partial charge in [0.25, 0.3) is 5.69 Å². The SMILES string of the molecule is CCN(CC)c1nc(NN=Cc2ccc(Cl)c([N+](=O)[O-])c2)nc(Nc2cc(C)ccc2C)n1. The van der Waals surface area contributed by atoms with Crippen molar-refractivity contribution in [3.8, 4) is 0 Å². The number of nitro benzene ring substituents is 1. The van der Waals surface area contributed by atoms with Gasteiger partial charge in [0.2, 0.25) is 17.8 Å². The Morgan fingerprint density at radius 2 is 1.82 bits per heavy atom. The third kappa shape index (κ3) is 6.13. The molecule has 0 fully saturated rings. The number of nitrogens with zero attached hydrogens (tertiary/aromatic N) is 6. The van der Waals surface area contributed by atoms with Crippen LogP contribution in [-0.2, 0) is 0 Å². The molecule has 33 heavy (non-hydrogen) atoms. The maximum absolute atomic E-state index is 11.1. The lowest BCUT2D eigenvalue weighted by molar-refractivity contribution is -0.384. The average molecular weight is 469 g/mol. The van der Waals surface area contributed by atoms with E-state index in [-0.39, 0.29) is 16.7 Å². The fraction of sp³-hybridized carbons (Fsp3) is 0.273. The molecule has 0 aliphatic rings. The molecule has 0 unspecified atom stereocenters. The topological polar surface area (TPSA) is 121 Å². The van der Waals surface area contributed by atoms with E-state index in [9.17, 15) is 10.1 Å². The van der Waals surface area contributed by atoms with Gasteiger partial charge >= 0.3 is 0 Å². The summed E-state index contributed by atoms with van der Waals surface area (Å²) in [7, 11) is 0. The molecule has 2 N–H and O–H groups in total. The lowest BCUT2D eigenvalue weighted by Crippen LogP contribution is -2.25. The normalized spacial score (nSPS) is 10.9. The minimum absolute atomic E-state index is 0.0635. The van der Waals surface area contributed by atoms with Gasteiger partial charge in [-0.25, -0.2) is 5.43 Å². The largest absolute Gasteiger partial charge is 0.341 e. The lowest BCUT2D eigenvalue weighted by Gasteiger charge is -2.19. The van der Waals surface area contributed by atoms with E-state index in [2.05, 4.69) is 30.8 Å². The number of rotatable bonds is 9.